The summed E-state index contributed by atoms with van der Waals surface area (Å²) in [6.45, 7) is -1.99. The first kappa shape index (κ1) is 20.4. The summed E-state index contributed by atoms with van der Waals surface area (Å²) in [5.74, 6) is 0. The Morgan fingerprint density at radius 3 is 1.21 bits per heavy atom. The van der Waals surface area contributed by atoms with Crippen LogP contribution >= 0.6 is 0 Å². The van der Waals surface area contributed by atoms with Gasteiger partial charge < -0.3 is 5.11 Å². The van der Waals surface area contributed by atoms with E-state index in [1.54, 1.807) is 0 Å². The fourth-order valence-electron chi connectivity index (χ4n) is 1.99. The Hall–Kier alpha value is -1.66. The Labute approximate surface area is 124 Å². The van der Waals surface area contributed by atoms with Crippen LogP contribution in [0.2, 0.25) is 0 Å². The molecule has 13 heteroatoms. The predicted molar refractivity (Wildman–Crippen MR) is 52.4 cm³/mol. The van der Waals surface area contributed by atoms with Crippen LogP contribution in [0, 0.1) is 0 Å². The van der Waals surface area contributed by atoms with Crippen molar-refractivity contribution in [2.75, 3.05) is 0 Å². The smallest absolute Gasteiger partial charge is 0.392 e. The summed E-state index contributed by atoms with van der Waals surface area (Å²) in [5, 5.41) is 8.64. The van der Waals surface area contributed by atoms with Crippen LogP contribution in [0.1, 0.15) is 27.8 Å². The molecule has 0 unspecified atom stereocenters. The van der Waals surface area contributed by atoms with Crippen LogP contribution in [-0.4, -0.2) is 5.11 Å². The zero-order valence-corrected chi connectivity index (χ0v) is 10.8. The fraction of sp³-hybridized carbons (Fsp3) is 0.455. The molecule has 0 spiro atoms. The number of rotatable bonds is 1. The van der Waals surface area contributed by atoms with Gasteiger partial charge in [-0.25, -0.2) is 0 Å². The van der Waals surface area contributed by atoms with Gasteiger partial charge in [-0.3, -0.25) is 0 Å². The SMILES string of the molecule is OCc1cc(C(F)(F)F)c(C(F)(F)F)c(C(F)(F)F)c1C(F)(F)F. The molecule has 0 atom stereocenters. The first-order valence-electron chi connectivity index (χ1n) is 5.51. The van der Waals surface area contributed by atoms with Gasteiger partial charge in [0.25, 0.3) is 0 Å². The molecular formula is C11H4F12O. The quantitative estimate of drug-likeness (QED) is 0.660. The third-order valence-electron chi connectivity index (χ3n) is 2.74. The largest absolute Gasteiger partial charge is 0.417 e. The molecule has 138 valence electrons. The van der Waals surface area contributed by atoms with E-state index in [2.05, 4.69) is 0 Å². The van der Waals surface area contributed by atoms with Crippen molar-refractivity contribution in [2.24, 2.45) is 0 Å². The molecule has 0 bridgehead atoms. The van der Waals surface area contributed by atoms with Gasteiger partial charge in [0, 0.05) is 0 Å². The van der Waals surface area contributed by atoms with Crippen LogP contribution < -0.4 is 0 Å². The van der Waals surface area contributed by atoms with Crippen LogP contribution in [0.15, 0.2) is 6.07 Å². The third kappa shape index (κ3) is 3.87. The van der Waals surface area contributed by atoms with Gasteiger partial charge in [-0.2, -0.15) is 52.7 Å². The topological polar surface area (TPSA) is 20.2 Å². The lowest BCUT2D eigenvalue weighted by Crippen LogP contribution is -2.28. The van der Waals surface area contributed by atoms with Gasteiger partial charge >= 0.3 is 24.7 Å². The Balaban J connectivity index is 4.24. The Bertz CT molecular complexity index is 616. The molecule has 1 aromatic carbocycles. The molecule has 0 amide bonds. The average Bonchev–Trinajstić information content (AvgIpc) is 2.31. The lowest BCUT2D eigenvalue weighted by Gasteiger charge is -2.26. The summed E-state index contributed by atoms with van der Waals surface area (Å²) >= 11 is 0. The Kier molecular flexibility index (Phi) is 4.85. The van der Waals surface area contributed by atoms with Gasteiger partial charge in [-0.05, 0) is 11.6 Å². The van der Waals surface area contributed by atoms with Crippen LogP contribution in [-0.2, 0) is 31.3 Å². The van der Waals surface area contributed by atoms with Crippen molar-refractivity contribution in [1.29, 1.82) is 0 Å². The maximum Gasteiger partial charge on any atom is 0.417 e. The average molecular weight is 380 g/mol. The minimum absolute atomic E-state index is 0.791. The second kappa shape index (κ2) is 5.70. The highest BCUT2D eigenvalue weighted by atomic mass is 19.4. The predicted octanol–water partition coefficient (Wildman–Crippen LogP) is 5.25. The second-order valence-corrected chi connectivity index (χ2v) is 4.36. The van der Waals surface area contributed by atoms with E-state index in [0.717, 1.165) is 0 Å². The van der Waals surface area contributed by atoms with Gasteiger partial charge in [-0.15, -0.1) is 0 Å². The molecule has 1 rings (SSSR count). The van der Waals surface area contributed by atoms with Crippen LogP contribution in [0.4, 0.5) is 52.7 Å². The number of benzene rings is 1. The number of hydrogen-bond acceptors (Lipinski definition) is 1. The second-order valence-electron chi connectivity index (χ2n) is 4.36. The molecule has 0 heterocycles. The maximum absolute atomic E-state index is 12.8. The molecule has 0 fully saturated rings. The van der Waals surface area contributed by atoms with E-state index in [4.69, 9.17) is 5.11 Å². The molecule has 0 aromatic heterocycles. The molecule has 1 aromatic rings. The first-order valence-corrected chi connectivity index (χ1v) is 5.51. The normalized spacial score (nSPS) is 14.2. The summed E-state index contributed by atoms with van der Waals surface area (Å²) in [6, 6.07) is -0.791. The molecule has 1 N–H and O–H groups in total. The molecule has 0 aliphatic heterocycles. The van der Waals surface area contributed by atoms with Crippen molar-refractivity contribution in [3.8, 4) is 0 Å². The Morgan fingerprint density at radius 2 is 0.958 bits per heavy atom. The highest BCUT2D eigenvalue weighted by Gasteiger charge is 2.55. The molecule has 0 aliphatic carbocycles. The van der Waals surface area contributed by atoms with E-state index in [9.17, 15) is 52.7 Å². The van der Waals surface area contributed by atoms with Crippen molar-refractivity contribution in [1.82, 2.24) is 0 Å². The molecule has 0 aliphatic rings. The molecule has 0 saturated heterocycles. The first-order chi connectivity index (χ1) is 10.4. The zero-order chi connectivity index (χ0) is 19.3. The number of hydrogen-bond donors (Lipinski definition) is 1. The zero-order valence-electron chi connectivity index (χ0n) is 10.8. The van der Waals surface area contributed by atoms with Gasteiger partial charge in [0.15, 0.2) is 0 Å². The van der Waals surface area contributed by atoms with Crippen LogP contribution in [0.5, 0.6) is 0 Å². The van der Waals surface area contributed by atoms with E-state index >= 15 is 0 Å². The van der Waals surface area contributed by atoms with E-state index in [-0.39, 0.29) is 0 Å². The van der Waals surface area contributed by atoms with E-state index in [0.29, 0.717) is 0 Å². The lowest BCUT2D eigenvalue weighted by atomic mass is 9.90. The summed E-state index contributed by atoms with van der Waals surface area (Å²) < 4.78 is 153. The lowest BCUT2D eigenvalue weighted by molar-refractivity contribution is -0.183. The van der Waals surface area contributed by atoms with E-state index in [1.165, 1.54) is 0 Å². The summed E-state index contributed by atoms with van der Waals surface area (Å²) in [5.41, 5.74) is -15.0. The van der Waals surface area contributed by atoms with Crippen molar-refractivity contribution in [3.05, 3.63) is 33.9 Å². The van der Waals surface area contributed by atoms with Crippen molar-refractivity contribution in [3.63, 3.8) is 0 Å². The van der Waals surface area contributed by atoms with E-state index < -0.39 is 65.2 Å². The molecular weight excluding hydrogens is 376 g/mol. The maximum atomic E-state index is 12.8. The Morgan fingerprint density at radius 1 is 0.583 bits per heavy atom. The van der Waals surface area contributed by atoms with Gasteiger partial charge in [0.2, 0.25) is 0 Å². The summed E-state index contributed by atoms with van der Waals surface area (Å²) in [6.07, 6.45) is -24.9. The van der Waals surface area contributed by atoms with Crippen molar-refractivity contribution < 1.29 is 57.8 Å². The summed E-state index contributed by atoms with van der Waals surface area (Å²) in [7, 11) is 0. The molecule has 0 saturated carbocycles. The fourth-order valence-corrected chi connectivity index (χ4v) is 1.99. The number of aliphatic hydroxyl groups excluding tert-OH is 1. The van der Waals surface area contributed by atoms with Crippen molar-refractivity contribution >= 4 is 0 Å². The highest BCUT2D eigenvalue weighted by Crippen LogP contribution is 2.52. The summed E-state index contributed by atoms with van der Waals surface area (Å²) in [4.78, 5) is 0. The standard InChI is InChI=1S/C11H4F12O/c12-8(13,14)4-1-3(2-24)5(9(15,16)17)7(11(21,22)23)6(4)10(18,19)20/h1,24H,2H2. The number of aliphatic hydroxyl groups is 1. The van der Waals surface area contributed by atoms with Gasteiger partial charge in [0.1, 0.15) is 0 Å². The third-order valence-corrected chi connectivity index (χ3v) is 2.74. The van der Waals surface area contributed by atoms with Crippen molar-refractivity contribution in [2.45, 2.75) is 31.3 Å². The van der Waals surface area contributed by atoms with E-state index in [1.807, 2.05) is 0 Å². The molecule has 0 radical (unpaired) electrons. The number of halogens is 12. The highest BCUT2D eigenvalue weighted by molar-refractivity contribution is 5.51. The van der Waals surface area contributed by atoms with Crippen LogP contribution in [0.3, 0.4) is 0 Å². The molecule has 24 heavy (non-hydrogen) atoms. The molecule has 1 nitrogen and oxygen atoms in total. The van der Waals surface area contributed by atoms with Gasteiger partial charge in [-0.1, -0.05) is 0 Å². The van der Waals surface area contributed by atoms with Gasteiger partial charge in [0.05, 0.1) is 28.9 Å². The monoisotopic (exact) mass is 380 g/mol. The minimum Gasteiger partial charge on any atom is -0.392 e. The van der Waals surface area contributed by atoms with Crippen LogP contribution in [0.25, 0.3) is 0 Å². The minimum atomic E-state index is -6.42. The number of alkyl halides is 12.